The topological polar surface area (TPSA) is 40.2 Å². The summed E-state index contributed by atoms with van der Waals surface area (Å²) in [6.45, 7) is 0.428. The Kier molecular flexibility index (Phi) is 2.58. The minimum absolute atomic E-state index is 0.428. The summed E-state index contributed by atoms with van der Waals surface area (Å²) in [5, 5.41) is 1.19. The Bertz CT molecular complexity index is 464. The van der Waals surface area contributed by atoms with Crippen LogP contribution >= 0.6 is 15.9 Å². The van der Waals surface area contributed by atoms with E-state index in [0.29, 0.717) is 6.61 Å². The summed E-state index contributed by atoms with van der Waals surface area (Å²) in [4.78, 5) is 4.64. The summed E-state index contributed by atoms with van der Waals surface area (Å²) < 4.78 is 3.16. The number of fused-ring (bicyclic) bond motifs is 1. The van der Waals surface area contributed by atoms with E-state index in [0.717, 1.165) is 10.2 Å². The Morgan fingerprint density at radius 1 is 1.50 bits per heavy atom. The average Bonchev–Trinajstić information content (AvgIpc) is 2.46. The fourth-order valence-electron chi connectivity index (χ4n) is 1.65. The predicted molar refractivity (Wildman–Crippen MR) is 59.6 cm³/mol. The zero-order chi connectivity index (χ0) is 10.1. The van der Waals surface area contributed by atoms with Gasteiger partial charge < -0.3 is 4.57 Å². The molecule has 0 fully saturated rings. The summed E-state index contributed by atoms with van der Waals surface area (Å²) in [6.07, 6.45) is 0. The van der Waals surface area contributed by atoms with Crippen molar-refractivity contribution >= 4 is 26.8 Å². The molecule has 1 heterocycles. The van der Waals surface area contributed by atoms with Gasteiger partial charge in [-0.05, 0) is 28.1 Å². The highest BCUT2D eigenvalue weighted by Gasteiger charge is 2.07. The van der Waals surface area contributed by atoms with Crippen LogP contribution in [0, 0.1) is 0 Å². The second-order valence-corrected chi connectivity index (χ2v) is 4.04. The molecule has 0 aliphatic heterocycles. The average molecular weight is 255 g/mol. The zero-order valence-electron chi connectivity index (χ0n) is 7.83. The number of hydrogen-bond acceptors (Lipinski definition) is 2. The lowest BCUT2D eigenvalue weighted by molar-refractivity contribution is 0.119. The van der Waals surface area contributed by atoms with Crippen LogP contribution in [0.5, 0.6) is 0 Å². The molecule has 4 heteroatoms. The lowest BCUT2D eigenvalue weighted by atomic mass is 10.2. The van der Waals surface area contributed by atoms with Crippen LogP contribution in [0.3, 0.4) is 0 Å². The molecule has 2 rings (SSSR count). The van der Waals surface area contributed by atoms with Gasteiger partial charge in [-0.15, -0.1) is 0 Å². The summed E-state index contributed by atoms with van der Waals surface area (Å²) in [5.41, 5.74) is 2.23. The number of nitrogens with zero attached hydrogens (tertiary/aromatic N) is 1. The van der Waals surface area contributed by atoms with Crippen molar-refractivity contribution in [3.63, 3.8) is 0 Å². The third-order valence-corrected chi connectivity index (χ3v) is 2.98. The number of aryl methyl sites for hydroxylation is 1. The summed E-state index contributed by atoms with van der Waals surface area (Å²) >= 11 is 3.52. The van der Waals surface area contributed by atoms with E-state index in [1.807, 2.05) is 19.2 Å². The van der Waals surface area contributed by atoms with Crippen LogP contribution in [0.4, 0.5) is 0 Å². The zero-order valence-corrected chi connectivity index (χ0v) is 9.41. The molecule has 0 atom stereocenters. The van der Waals surface area contributed by atoms with E-state index in [2.05, 4.69) is 37.5 Å². The predicted octanol–water partition coefficient (Wildman–Crippen LogP) is 2.33. The minimum Gasteiger partial charge on any atom is -0.345 e. The largest absolute Gasteiger partial charge is 0.345 e. The van der Waals surface area contributed by atoms with Crippen LogP contribution < -0.4 is 5.90 Å². The van der Waals surface area contributed by atoms with E-state index < -0.39 is 0 Å². The number of para-hydroxylation sites is 1. The molecule has 0 amide bonds. The standard InChI is InChI=1S/C10H11BrN2O/c1-13-8(6-14-12)5-7-3-2-4-9(11)10(7)13/h2-5H,6,12H2,1H3. The molecular formula is C10H11BrN2O. The summed E-state index contributed by atoms with van der Waals surface area (Å²) in [5.74, 6) is 5.06. The van der Waals surface area contributed by atoms with Crippen molar-refractivity contribution in [2.24, 2.45) is 12.9 Å². The number of benzene rings is 1. The van der Waals surface area contributed by atoms with Gasteiger partial charge >= 0.3 is 0 Å². The first-order valence-corrected chi connectivity index (χ1v) is 5.08. The van der Waals surface area contributed by atoms with E-state index in [1.165, 1.54) is 10.9 Å². The van der Waals surface area contributed by atoms with Crippen molar-refractivity contribution in [2.75, 3.05) is 0 Å². The highest BCUT2D eigenvalue weighted by atomic mass is 79.9. The minimum atomic E-state index is 0.428. The summed E-state index contributed by atoms with van der Waals surface area (Å²) in [6, 6.07) is 8.18. The molecule has 1 aromatic heterocycles. The van der Waals surface area contributed by atoms with Crippen molar-refractivity contribution in [1.29, 1.82) is 0 Å². The maximum absolute atomic E-state index is 5.06. The highest BCUT2D eigenvalue weighted by Crippen LogP contribution is 2.26. The molecule has 0 aliphatic carbocycles. The third kappa shape index (κ3) is 1.45. The Morgan fingerprint density at radius 3 is 2.93 bits per heavy atom. The Morgan fingerprint density at radius 2 is 2.29 bits per heavy atom. The van der Waals surface area contributed by atoms with Gasteiger partial charge in [-0.25, -0.2) is 5.90 Å². The van der Waals surface area contributed by atoms with E-state index in [9.17, 15) is 0 Å². The van der Waals surface area contributed by atoms with Gasteiger partial charge in [0.15, 0.2) is 0 Å². The van der Waals surface area contributed by atoms with Gasteiger partial charge in [0.1, 0.15) is 6.61 Å². The molecule has 0 aliphatic rings. The third-order valence-electron chi connectivity index (χ3n) is 2.34. The van der Waals surface area contributed by atoms with E-state index in [1.54, 1.807) is 0 Å². The molecule has 0 unspecified atom stereocenters. The molecule has 74 valence electrons. The SMILES string of the molecule is Cn1c(CON)cc2cccc(Br)c21. The molecule has 3 nitrogen and oxygen atoms in total. The Hall–Kier alpha value is -0.840. The molecule has 0 spiro atoms. The van der Waals surface area contributed by atoms with E-state index >= 15 is 0 Å². The van der Waals surface area contributed by atoms with Gasteiger partial charge in [-0.1, -0.05) is 12.1 Å². The first kappa shape index (κ1) is 9.71. The van der Waals surface area contributed by atoms with Gasteiger partial charge in [0.25, 0.3) is 0 Å². The molecule has 14 heavy (non-hydrogen) atoms. The van der Waals surface area contributed by atoms with Crippen molar-refractivity contribution < 1.29 is 4.84 Å². The maximum atomic E-state index is 5.06. The van der Waals surface area contributed by atoms with Crippen LogP contribution in [0.15, 0.2) is 28.7 Å². The second kappa shape index (κ2) is 3.73. The highest BCUT2D eigenvalue weighted by molar-refractivity contribution is 9.10. The first-order valence-electron chi connectivity index (χ1n) is 4.28. The lowest BCUT2D eigenvalue weighted by Crippen LogP contribution is -2.03. The molecular weight excluding hydrogens is 244 g/mol. The fraction of sp³-hybridized carbons (Fsp3) is 0.200. The fourth-order valence-corrected chi connectivity index (χ4v) is 2.29. The molecule has 0 saturated carbocycles. The number of nitrogens with two attached hydrogens (primary N) is 1. The first-order chi connectivity index (χ1) is 6.74. The number of halogens is 1. The second-order valence-electron chi connectivity index (χ2n) is 3.18. The summed E-state index contributed by atoms with van der Waals surface area (Å²) in [7, 11) is 2.00. The van der Waals surface area contributed by atoms with Gasteiger partial charge in [-0.3, -0.25) is 4.84 Å². The number of hydrogen-bond donors (Lipinski definition) is 1. The monoisotopic (exact) mass is 254 g/mol. The van der Waals surface area contributed by atoms with Crippen molar-refractivity contribution in [1.82, 2.24) is 4.57 Å². The van der Waals surface area contributed by atoms with Gasteiger partial charge in [0.05, 0.1) is 5.52 Å². The van der Waals surface area contributed by atoms with Gasteiger partial charge in [-0.2, -0.15) is 0 Å². The van der Waals surface area contributed by atoms with Crippen LogP contribution in [0.2, 0.25) is 0 Å². The van der Waals surface area contributed by atoms with Gasteiger partial charge in [0.2, 0.25) is 0 Å². The van der Waals surface area contributed by atoms with Crippen LogP contribution in [0.25, 0.3) is 10.9 Å². The molecule has 0 radical (unpaired) electrons. The normalized spacial score (nSPS) is 11.1. The molecule has 0 bridgehead atoms. The van der Waals surface area contributed by atoms with Crippen molar-refractivity contribution in [3.8, 4) is 0 Å². The molecule has 2 aromatic rings. The number of rotatable bonds is 2. The number of aromatic nitrogens is 1. The smallest absolute Gasteiger partial charge is 0.108 e. The van der Waals surface area contributed by atoms with E-state index in [4.69, 9.17) is 5.90 Å². The van der Waals surface area contributed by atoms with Crippen LogP contribution in [0.1, 0.15) is 5.69 Å². The van der Waals surface area contributed by atoms with Crippen LogP contribution in [-0.2, 0) is 18.5 Å². The quantitative estimate of drug-likeness (QED) is 0.836. The maximum Gasteiger partial charge on any atom is 0.108 e. The Balaban J connectivity index is 2.68. The van der Waals surface area contributed by atoms with Gasteiger partial charge in [0, 0.05) is 22.6 Å². The van der Waals surface area contributed by atoms with E-state index in [-0.39, 0.29) is 0 Å². The Labute approximate surface area is 90.5 Å². The van der Waals surface area contributed by atoms with Crippen LogP contribution in [-0.4, -0.2) is 4.57 Å². The molecule has 0 saturated heterocycles. The van der Waals surface area contributed by atoms with Crippen molar-refractivity contribution in [2.45, 2.75) is 6.61 Å². The van der Waals surface area contributed by atoms with Crippen molar-refractivity contribution in [3.05, 3.63) is 34.4 Å². The molecule has 2 N–H and O–H groups in total. The molecule has 1 aromatic carbocycles. The lowest BCUT2D eigenvalue weighted by Gasteiger charge is -2.03.